The predicted octanol–water partition coefficient (Wildman–Crippen LogP) is 2.39. The van der Waals surface area contributed by atoms with Crippen LogP contribution in [0.4, 0.5) is 5.82 Å². The van der Waals surface area contributed by atoms with E-state index in [0.717, 1.165) is 27.6 Å². The molecule has 5 heteroatoms. The third-order valence-electron chi connectivity index (χ3n) is 3.21. The SMILES string of the molecule is COc1nc[c]cc1-c1ccc2c(N)nnc(C)c2c1. The number of rotatable bonds is 2. The van der Waals surface area contributed by atoms with Gasteiger partial charge in [-0.25, -0.2) is 4.98 Å². The summed E-state index contributed by atoms with van der Waals surface area (Å²) in [5.74, 6) is 0.998. The van der Waals surface area contributed by atoms with Gasteiger partial charge in [0.1, 0.15) is 0 Å². The summed E-state index contributed by atoms with van der Waals surface area (Å²) >= 11 is 0. The summed E-state index contributed by atoms with van der Waals surface area (Å²) < 4.78 is 5.28. The molecule has 0 saturated carbocycles. The predicted molar refractivity (Wildman–Crippen MR) is 77.3 cm³/mol. The van der Waals surface area contributed by atoms with Gasteiger partial charge in [0.2, 0.25) is 5.88 Å². The molecule has 5 nitrogen and oxygen atoms in total. The number of nitrogens with zero attached hydrogens (tertiary/aromatic N) is 3. The van der Waals surface area contributed by atoms with Gasteiger partial charge in [-0.05, 0) is 30.7 Å². The molecular formula is C15H13N4O. The molecule has 0 atom stereocenters. The van der Waals surface area contributed by atoms with Crippen LogP contribution in [0, 0.1) is 13.0 Å². The topological polar surface area (TPSA) is 73.9 Å². The number of methoxy groups -OCH3 is 1. The van der Waals surface area contributed by atoms with Crippen LogP contribution in [-0.4, -0.2) is 22.3 Å². The Hall–Kier alpha value is -2.69. The number of benzene rings is 1. The van der Waals surface area contributed by atoms with Crippen molar-refractivity contribution in [2.24, 2.45) is 0 Å². The third kappa shape index (κ3) is 1.93. The van der Waals surface area contributed by atoms with E-state index in [1.807, 2.05) is 31.2 Å². The molecule has 0 aliphatic heterocycles. The van der Waals surface area contributed by atoms with E-state index in [4.69, 9.17) is 10.5 Å². The van der Waals surface area contributed by atoms with Crippen LogP contribution in [0.15, 0.2) is 30.5 Å². The highest BCUT2D eigenvalue weighted by molar-refractivity contribution is 5.95. The van der Waals surface area contributed by atoms with Crippen molar-refractivity contribution in [2.75, 3.05) is 12.8 Å². The smallest absolute Gasteiger partial charge is 0.221 e. The number of anilines is 1. The van der Waals surface area contributed by atoms with Crippen LogP contribution >= 0.6 is 0 Å². The molecule has 0 bridgehead atoms. The zero-order valence-corrected chi connectivity index (χ0v) is 11.2. The van der Waals surface area contributed by atoms with E-state index in [2.05, 4.69) is 21.2 Å². The number of hydrogen-bond donors (Lipinski definition) is 1. The highest BCUT2D eigenvalue weighted by Crippen LogP contribution is 2.31. The van der Waals surface area contributed by atoms with Crippen molar-refractivity contribution in [1.82, 2.24) is 15.2 Å². The monoisotopic (exact) mass is 265 g/mol. The molecule has 0 saturated heterocycles. The van der Waals surface area contributed by atoms with Gasteiger partial charge in [-0.1, -0.05) is 6.07 Å². The number of nitrogen functional groups attached to an aromatic ring is 1. The summed E-state index contributed by atoms with van der Waals surface area (Å²) in [6.07, 6.45) is 1.58. The molecular weight excluding hydrogens is 252 g/mol. The van der Waals surface area contributed by atoms with Crippen molar-refractivity contribution in [2.45, 2.75) is 6.92 Å². The molecule has 3 rings (SSSR count). The normalized spacial score (nSPS) is 10.7. The Morgan fingerprint density at radius 3 is 2.85 bits per heavy atom. The Morgan fingerprint density at radius 2 is 2.05 bits per heavy atom. The quantitative estimate of drug-likeness (QED) is 0.770. The number of pyridine rings is 1. The van der Waals surface area contributed by atoms with E-state index in [9.17, 15) is 0 Å². The number of nitrogens with two attached hydrogens (primary N) is 1. The van der Waals surface area contributed by atoms with Crippen molar-refractivity contribution in [3.63, 3.8) is 0 Å². The first-order valence-corrected chi connectivity index (χ1v) is 6.13. The number of aromatic nitrogens is 3. The number of aryl methyl sites for hydroxylation is 1. The molecule has 99 valence electrons. The third-order valence-corrected chi connectivity index (χ3v) is 3.21. The first kappa shape index (κ1) is 12.3. The Balaban J connectivity index is 2.26. The molecule has 0 fully saturated rings. The van der Waals surface area contributed by atoms with Crippen LogP contribution in [0.3, 0.4) is 0 Å². The molecule has 20 heavy (non-hydrogen) atoms. The summed E-state index contributed by atoms with van der Waals surface area (Å²) in [6, 6.07) is 10.7. The summed E-state index contributed by atoms with van der Waals surface area (Å²) in [6.45, 7) is 1.91. The summed E-state index contributed by atoms with van der Waals surface area (Å²) in [7, 11) is 1.60. The minimum absolute atomic E-state index is 0.432. The average Bonchev–Trinajstić information content (AvgIpc) is 2.50. The lowest BCUT2D eigenvalue weighted by Gasteiger charge is -2.09. The van der Waals surface area contributed by atoms with Gasteiger partial charge < -0.3 is 10.5 Å². The minimum atomic E-state index is 0.432. The zero-order chi connectivity index (χ0) is 14.1. The molecule has 2 N–H and O–H groups in total. The Kier molecular flexibility index (Phi) is 2.95. The van der Waals surface area contributed by atoms with E-state index >= 15 is 0 Å². The molecule has 0 aliphatic carbocycles. The lowest BCUT2D eigenvalue weighted by atomic mass is 10.0. The van der Waals surface area contributed by atoms with Crippen LogP contribution in [0.25, 0.3) is 21.9 Å². The fraction of sp³-hybridized carbons (Fsp3) is 0.133. The van der Waals surface area contributed by atoms with Crippen molar-refractivity contribution < 1.29 is 4.74 Å². The van der Waals surface area contributed by atoms with Crippen molar-refractivity contribution >= 4 is 16.6 Å². The van der Waals surface area contributed by atoms with Crippen LogP contribution in [0.5, 0.6) is 5.88 Å². The Morgan fingerprint density at radius 1 is 1.20 bits per heavy atom. The van der Waals surface area contributed by atoms with Crippen LogP contribution in [0.2, 0.25) is 0 Å². The Labute approximate surface area is 116 Å². The maximum atomic E-state index is 5.85. The largest absolute Gasteiger partial charge is 0.481 e. The highest BCUT2D eigenvalue weighted by Gasteiger charge is 2.10. The van der Waals surface area contributed by atoms with Gasteiger partial charge in [0.15, 0.2) is 5.82 Å². The summed E-state index contributed by atoms with van der Waals surface area (Å²) in [5, 5.41) is 9.85. The van der Waals surface area contributed by atoms with Gasteiger partial charge in [0.05, 0.1) is 12.8 Å². The minimum Gasteiger partial charge on any atom is -0.481 e. The zero-order valence-electron chi connectivity index (χ0n) is 11.2. The lowest BCUT2D eigenvalue weighted by Crippen LogP contribution is -1.97. The molecule has 0 spiro atoms. The first-order chi connectivity index (χ1) is 9.70. The van der Waals surface area contributed by atoms with E-state index in [1.165, 1.54) is 0 Å². The second kappa shape index (κ2) is 4.77. The van der Waals surface area contributed by atoms with Gasteiger partial charge in [-0.3, -0.25) is 0 Å². The molecule has 0 aliphatic rings. The molecule has 3 aromatic rings. The lowest BCUT2D eigenvalue weighted by molar-refractivity contribution is 0.399. The summed E-state index contributed by atoms with van der Waals surface area (Å²) in [5.41, 5.74) is 8.55. The van der Waals surface area contributed by atoms with Gasteiger partial charge in [-0.2, -0.15) is 5.10 Å². The number of ether oxygens (including phenoxy) is 1. The molecule has 2 heterocycles. The molecule has 1 aromatic carbocycles. The summed E-state index contributed by atoms with van der Waals surface area (Å²) in [4.78, 5) is 4.16. The second-order valence-electron chi connectivity index (χ2n) is 4.42. The van der Waals surface area contributed by atoms with Crippen LogP contribution < -0.4 is 10.5 Å². The van der Waals surface area contributed by atoms with Gasteiger partial charge >= 0.3 is 0 Å². The number of fused-ring (bicyclic) bond motifs is 1. The van der Waals surface area contributed by atoms with Crippen LogP contribution in [0.1, 0.15) is 5.69 Å². The first-order valence-electron chi connectivity index (χ1n) is 6.13. The van der Waals surface area contributed by atoms with Crippen molar-refractivity contribution in [3.8, 4) is 17.0 Å². The van der Waals surface area contributed by atoms with Crippen molar-refractivity contribution in [3.05, 3.63) is 42.2 Å². The van der Waals surface area contributed by atoms with E-state index < -0.39 is 0 Å². The molecule has 0 unspecified atom stereocenters. The van der Waals surface area contributed by atoms with Gasteiger partial charge in [-0.15, -0.1) is 5.10 Å². The van der Waals surface area contributed by atoms with Crippen molar-refractivity contribution in [1.29, 1.82) is 0 Å². The Bertz CT molecular complexity index is 786. The van der Waals surface area contributed by atoms with Crippen LogP contribution in [-0.2, 0) is 0 Å². The average molecular weight is 265 g/mol. The molecule has 2 aromatic heterocycles. The number of hydrogen-bond acceptors (Lipinski definition) is 5. The second-order valence-corrected chi connectivity index (χ2v) is 4.42. The van der Waals surface area contributed by atoms with E-state index in [0.29, 0.717) is 11.7 Å². The van der Waals surface area contributed by atoms with E-state index in [1.54, 1.807) is 13.3 Å². The maximum Gasteiger partial charge on any atom is 0.221 e. The highest BCUT2D eigenvalue weighted by atomic mass is 16.5. The standard InChI is InChI=1S/C15H13N4O/c1-9-13-8-10(5-6-12(13)14(16)19-18-9)11-4-3-7-17-15(11)20-2/h4-8H,1-2H3,(H2,16,19). The maximum absolute atomic E-state index is 5.85. The van der Waals surface area contributed by atoms with Gasteiger partial charge in [0, 0.05) is 28.6 Å². The molecule has 1 radical (unpaired) electrons. The fourth-order valence-electron chi connectivity index (χ4n) is 2.19. The van der Waals surface area contributed by atoms with E-state index in [-0.39, 0.29) is 0 Å². The molecule has 0 amide bonds. The fourth-order valence-corrected chi connectivity index (χ4v) is 2.19. The van der Waals surface area contributed by atoms with Gasteiger partial charge in [0.25, 0.3) is 0 Å².